The molecule has 7 heteroatoms. The molecular formula is C18H32N2O4S. The molecule has 0 aliphatic carbocycles. The molecule has 6 nitrogen and oxygen atoms in total. The molecule has 144 valence electrons. The van der Waals surface area contributed by atoms with Crippen molar-refractivity contribution >= 4 is 15.7 Å². The van der Waals surface area contributed by atoms with Crippen molar-refractivity contribution in [2.75, 3.05) is 23.6 Å². The third-order valence-corrected chi connectivity index (χ3v) is 4.84. The Labute approximate surface area is 152 Å². The standard InChI is InChI=1S/C18H32N2O4S/c1-6-8-14-11-15(20-25(22,23)7-2)9-10-17(14)24-13-16(21)12-19-18(3,4)5/h9-11,16,19-21H,6-8,12-13H2,1-5H3. The van der Waals surface area contributed by atoms with Crippen molar-refractivity contribution in [1.29, 1.82) is 0 Å². The van der Waals surface area contributed by atoms with Gasteiger partial charge in [-0.05, 0) is 57.9 Å². The van der Waals surface area contributed by atoms with Crippen molar-refractivity contribution in [3.63, 3.8) is 0 Å². The van der Waals surface area contributed by atoms with E-state index in [4.69, 9.17) is 4.74 Å². The molecule has 1 aromatic rings. The largest absolute Gasteiger partial charge is 0.491 e. The molecule has 1 rings (SSSR count). The van der Waals surface area contributed by atoms with Gasteiger partial charge in [-0.3, -0.25) is 4.72 Å². The lowest BCUT2D eigenvalue weighted by atomic mass is 10.1. The number of benzene rings is 1. The highest BCUT2D eigenvalue weighted by molar-refractivity contribution is 7.92. The van der Waals surface area contributed by atoms with E-state index >= 15 is 0 Å². The molecule has 1 unspecified atom stereocenters. The van der Waals surface area contributed by atoms with Gasteiger partial charge in [-0.2, -0.15) is 0 Å². The van der Waals surface area contributed by atoms with E-state index in [-0.39, 0.29) is 17.9 Å². The van der Waals surface area contributed by atoms with Gasteiger partial charge in [0.15, 0.2) is 0 Å². The fourth-order valence-corrected chi connectivity index (χ4v) is 2.80. The Morgan fingerprint density at radius 3 is 2.48 bits per heavy atom. The number of nitrogens with one attached hydrogen (secondary N) is 2. The number of aryl methyl sites for hydroxylation is 1. The third kappa shape index (κ3) is 8.56. The van der Waals surface area contributed by atoms with E-state index in [9.17, 15) is 13.5 Å². The molecular weight excluding hydrogens is 340 g/mol. The Bertz CT molecular complexity index is 639. The summed E-state index contributed by atoms with van der Waals surface area (Å²) in [4.78, 5) is 0. The Hall–Kier alpha value is -1.31. The number of ether oxygens (including phenoxy) is 1. The molecule has 0 spiro atoms. The first-order valence-corrected chi connectivity index (χ1v) is 10.4. The molecule has 0 aromatic heterocycles. The lowest BCUT2D eigenvalue weighted by Crippen LogP contribution is -2.42. The number of β-amino-alcohol motifs (C(OH)–C–C–N with tert-alkyl or cyclic N) is 1. The second kappa shape index (κ2) is 9.40. The van der Waals surface area contributed by atoms with Gasteiger partial charge in [0.05, 0.1) is 5.75 Å². The van der Waals surface area contributed by atoms with Crippen LogP contribution in [0.4, 0.5) is 5.69 Å². The molecule has 0 saturated carbocycles. The summed E-state index contributed by atoms with van der Waals surface area (Å²) in [5.41, 5.74) is 1.40. The first-order chi connectivity index (χ1) is 11.6. The second-order valence-corrected chi connectivity index (χ2v) is 9.18. The number of sulfonamides is 1. The number of anilines is 1. The normalized spacial score (nSPS) is 13.5. The van der Waals surface area contributed by atoms with Crippen LogP contribution < -0.4 is 14.8 Å². The van der Waals surface area contributed by atoms with Crippen molar-refractivity contribution in [1.82, 2.24) is 5.32 Å². The first kappa shape index (κ1) is 21.7. The summed E-state index contributed by atoms with van der Waals surface area (Å²) in [5.74, 6) is 0.706. The van der Waals surface area contributed by atoms with Crippen LogP contribution in [-0.4, -0.2) is 44.1 Å². The van der Waals surface area contributed by atoms with E-state index < -0.39 is 16.1 Å². The molecule has 25 heavy (non-hydrogen) atoms. The van der Waals surface area contributed by atoms with Gasteiger partial charge in [-0.25, -0.2) is 8.42 Å². The highest BCUT2D eigenvalue weighted by atomic mass is 32.2. The maximum atomic E-state index is 11.7. The summed E-state index contributed by atoms with van der Waals surface area (Å²) in [6.07, 6.45) is 1.06. The van der Waals surface area contributed by atoms with Crippen molar-refractivity contribution in [3.05, 3.63) is 23.8 Å². The van der Waals surface area contributed by atoms with E-state index in [0.717, 1.165) is 18.4 Å². The van der Waals surface area contributed by atoms with Crippen LogP contribution in [-0.2, 0) is 16.4 Å². The molecule has 3 N–H and O–H groups in total. The number of rotatable bonds is 10. The highest BCUT2D eigenvalue weighted by Gasteiger charge is 2.14. The maximum Gasteiger partial charge on any atom is 0.232 e. The van der Waals surface area contributed by atoms with Gasteiger partial charge >= 0.3 is 0 Å². The van der Waals surface area contributed by atoms with Gasteiger partial charge in [0, 0.05) is 17.8 Å². The van der Waals surface area contributed by atoms with Gasteiger partial charge in [0.25, 0.3) is 0 Å². The minimum Gasteiger partial charge on any atom is -0.491 e. The lowest BCUT2D eigenvalue weighted by Gasteiger charge is -2.23. The zero-order chi connectivity index (χ0) is 19.1. The molecule has 0 radical (unpaired) electrons. The number of hydrogen-bond donors (Lipinski definition) is 3. The van der Waals surface area contributed by atoms with Crippen LogP contribution in [0.5, 0.6) is 5.75 Å². The summed E-state index contributed by atoms with van der Waals surface area (Å²) in [5, 5.41) is 13.3. The molecule has 0 aliphatic heterocycles. The summed E-state index contributed by atoms with van der Waals surface area (Å²) in [6.45, 7) is 10.4. The summed E-state index contributed by atoms with van der Waals surface area (Å²) >= 11 is 0. The third-order valence-electron chi connectivity index (χ3n) is 3.53. The SMILES string of the molecule is CCCc1cc(NS(=O)(=O)CC)ccc1OCC(O)CNC(C)(C)C. The summed E-state index contributed by atoms with van der Waals surface area (Å²) in [7, 11) is -3.30. The molecule has 1 aromatic carbocycles. The van der Waals surface area contributed by atoms with Gasteiger partial charge in [0.1, 0.15) is 18.5 Å². The van der Waals surface area contributed by atoms with Crippen LogP contribution in [0.15, 0.2) is 18.2 Å². The van der Waals surface area contributed by atoms with Crippen LogP contribution >= 0.6 is 0 Å². The van der Waals surface area contributed by atoms with E-state index in [1.54, 1.807) is 25.1 Å². The number of hydrogen-bond acceptors (Lipinski definition) is 5. The molecule has 1 atom stereocenters. The minimum absolute atomic E-state index is 0.0291. The Morgan fingerprint density at radius 1 is 1.24 bits per heavy atom. The van der Waals surface area contributed by atoms with Crippen LogP contribution in [0.1, 0.15) is 46.6 Å². The average Bonchev–Trinajstić information content (AvgIpc) is 2.51. The Balaban J connectivity index is 2.75. The summed E-state index contributed by atoms with van der Waals surface area (Å²) in [6, 6.07) is 5.23. The summed E-state index contributed by atoms with van der Waals surface area (Å²) < 4.78 is 31.7. The topological polar surface area (TPSA) is 87.7 Å². The molecule has 0 heterocycles. The first-order valence-electron chi connectivity index (χ1n) is 8.75. The second-order valence-electron chi connectivity index (χ2n) is 7.17. The van der Waals surface area contributed by atoms with E-state index in [0.29, 0.717) is 18.0 Å². The smallest absolute Gasteiger partial charge is 0.232 e. The van der Waals surface area contributed by atoms with Gasteiger partial charge in [-0.15, -0.1) is 0 Å². The molecule has 0 amide bonds. The van der Waals surface area contributed by atoms with Gasteiger partial charge < -0.3 is 15.2 Å². The maximum absolute atomic E-state index is 11.7. The van der Waals surface area contributed by atoms with Crippen LogP contribution in [0.2, 0.25) is 0 Å². The monoisotopic (exact) mass is 372 g/mol. The van der Waals surface area contributed by atoms with Crippen LogP contribution in [0.3, 0.4) is 0 Å². The molecule has 0 bridgehead atoms. The number of aliphatic hydroxyl groups excluding tert-OH is 1. The van der Waals surface area contributed by atoms with Crippen molar-refractivity contribution < 1.29 is 18.3 Å². The average molecular weight is 373 g/mol. The molecule has 0 saturated heterocycles. The number of aliphatic hydroxyl groups is 1. The predicted octanol–water partition coefficient (Wildman–Crippen LogP) is 2.53. The van der Waals surface area contributed by atoms with E-state index in [1.807, 2.05) is 20.8 Å². The minimum atomic E-state index is -3.30. The highest BCUT2D eigenvalue weighted by Crippen LogP contribution is 2.25. The zero-order valence-corrected chi connectivity index (χ0v) is 16.7. The Kier molecular flexibility index (Phi) is 8.18. The molecule has 0 aliphatic rings. The van der Waals surface area contributed by atoms with Crippen molar-refractivity contribution in [2.45, 2.75) is 59.1 Å². The lowest BCUT2D eigenvalue weighted by molar-refractivity contribution is 0.0996. The predicted molar refractivity (Wildman–Crippen MR) is 103 cm³/mol. The van der Waals surface area contributed by atoms with Gasteiger partial charge in [0.2, 0.25) is 10.0 Å². The fourth-order valence-electron chi connectivity index (χ4n) is 2.17. The fraction of sp³-hybridized carbons (Fsp3) is 0.667. The van der Waals surface area contributed by atoms with E-state index in [2.05, 4.69) is 17.0 Å². The van der Waals surface area contributed by atoms with Crippen molar-refractivity contribution in [2.24, 2.45) is 0 Å². The van der Waals surface area contributed by atoms with Crippen LogP contribution in [0, 0.1) is 0 Å². The van der Waals surface area contributed by atoms with Crippen LogP contribution in [0.25, 0.3) is 0 Å². The van der Waals surface area contributed by atoms with E-state index in [1.165, 1.54) is 0 Å². The Morgan fingerprint density at radius 2 is 1.92 bits per heavy atom. The molecule has 0 fully saturated rings. The van der Waals surface area contributed by atoms with Crippen molar-refractivity contribution in [3.8, 4) is 5.75 Å². The quantitative estimate of drug-likeness (QED) is 0.587. The zero-order valence-electron chi connectivity index (χ0n) is 15.9. The van der Waals surface area contributed by atoms with Gasteiger partial charge in [-0.1, -0.05) is 13.3 Å².